The van der Waals surface area contributed by atoms with Gasteiger partial charge in [0.2, 0.25) is 28.7 Å². The number of aliphatic hydroxyl groups excluding tert-OH is 2. The molecule has 4 amide bonds. The Balaban J connectivity index is 2.06. The van der Waals surface area contributed by atoms with Crippen molar-refractivity contribution in [1.29, 1.82) is 0 Å². The lowest BCUT2D eigenvalue weighted by molar-refractivity contribution is -0.137. The number of nitrogens with two attached hydrogens (primary N) is 1. The molecule has 0 bridgehead atoms. The van der Waals surface area contributed by atoms with Crippen molar-refractivity contribution < 1.29 is 63.3 Å². The van der Waals surface area contributed by atoms with E-state index < -0.39 is 79.4 Å². The molecule has 0 radical (unpaired) electrons. The summed E-state index contributed by atoms with van der Waals surface area (Å²) >= 11 is 0.711. The highest BCUT2D eigenvalue weighted by molar-refractivity contribution is 8.13. The molecule has 0 heterocycles. The molecule has 18 nitrogen and oxygen atoms in total. The lowest BCUT2D eigenvalue weighted by Crippen LogP contribution is -2.52. The molecule has 2 aromatic carbocycles. The Labute approximate surface area is 291 Å². The number of carbonyl (C=O) groups excluding carboxylic acids is 5. The minimum atomic E-state index is -5.12. The molecule has 0 aromatic heterocycles. The zero-order valence-corrected chi connectivity index (χ0v) is 28.9. The van der Waals surface area contributed by atoms with Crippen LogP contribution < -0.4 is 27.0 Å². The largest absolute Gasteiger partial charge is 0.508 e. The first kappa shape index (κ1) is 42.1. The van der Waals surface area contributed by atoms with E-state index >= 15 is 0 Å². The second-order valence-electron chi connectivity index (χ2n) is 11.6. The molecule has 0 aliphatic heterocycles. The summed E-state index contributed by atoms with van der Waals surface area (Å²) in [6.45, 7) is 1.42. The maximum absolute atomic E-state index is 13.4. The second kappa shape index (κ2) is 19.4. The van der Waals surface area contributed by atoms with Crippen LogP contribution in [-0.4, -0.2) is 103 Å². The molecule has 0 saturated heterocycles. The normalized spacial score (nSPS) is 14.1. The van der Waals surface area contributed by atoms with Gasteiger partial charge in [0.05, 0.1) is 13.2 Å². The van der Waals surface area contributed by atoms with E-state index in [2.05, 4.69) is 25.8 Å². The van der Waals surface area contributed by atoms with Crippen LogP contribution in [0.15, 0.2) is 48.5 Å². The maximum atomic E-state index is 13.4. The number of nitrogens with one attached hydrogen (secondary N) is 4. The van der Waals surface area contributed by atoms with E-state index in [9.17, 15) is 58.8 Å². The Morgan fingerprint density at radius 3 is 1.96 bits per heavy atom. The molecule has 0 saturated carbocycles. The van der Waals surface area contributed by atoms with Gasteiger partial charge in [0.15, 0.2) is 0 Å². The smallest absolute Gasteiger partial charge is 0.469 e. The molecule has 20 heteroatoms. The van der Waals surface area contributed by atoms with Crippen LogP contribution in [0.3, 0.4) is 0 Å². The van der Waals surface area contributed by atoms with Gasteiger partial charge in [-0.25, -0.2) is 4.57 Å². The molecule has 276 valence electrons. The number of carbonyl (C=O) groups is 5. The van der Waals surface area contributed by atoms with Gasteiger partial charge in [-0.2, -0.15) is 0 Å². The molecule has 0 aliphatic carbocycles. The number of rotatable bonds is 19. The molecular weight excluding hydrogens is 701 g/mol. The summed E-state index contributed by atoms with van der Waals surface area (Å²) < 4.78 is 15.9. The van der Waals surface area contributed by atoms with Crippen molar-refractivity contribution in [1.82, 2.24) is 21.3 Å². The van der Waals surface area contributed by atoms with Crippen LogP contribution in [0.2, 0.25) is 0 Å². The van der Waals surface area contributed by atoms with Gasteiger partial charge in [-0.05, 0) is 35.4 Å². The maximum Gasteiger partial charge on any atom is 0.469 e. The highest BCUT2D eigenvalue weighted by atomic mass is 32.2. The van der Waals surface area contributed by atoms with Crippen LogP contribution in [-0.2, 0) is 33.1 Å². The number of phosphoric acid groups is 1. The zero-order chi connectivity index (χ0) is 37.6. The van der Waals surface area contributed by atoms with E-state index in [1.807, 2.05) is 0 Å². The summed E-state index contributed by atoms with van der Waals surface area (Å²) in [5.74, 6) is -3.49. The van der Waals surface area contributed by atoms with E-state index in [0.717, 1.165) is 0 Å². The monoisotopic (exact) mass is 743 g/mol. The molecule has 0 spiro atoms. The van der Waals surface area contributed by atoms with Gasteiger partial charge in [-0.3, -0.25) is 28.5 Å². The number of phenols is 2. The fourth-order valence-corrected chi connectivity index (χ4v) is 5.10. The Kier molecular flexibility index (Phi) is 16.3. The van der Waals surface area contributed by atoms with Gasteiger partial charge in [0.1, 0.15) is 35.7 Å². The minimum absolute atomic E-state index is 0.0104. The quantitative estimate of drug-likeness (QED) is 0.0596. The Bertz CT molecular complexity index is 1520. The van der Waals surface area contributed by atoms with Gasteiger partial charge in [-0.1, -0.05) is 49.9 Å². The highest BCUT2D eigenvalue weighted by Crippen LogP contribution is 2.35. The van der Waals surface area contributed by atoms with E-state index in [1.165, 1.54) is 62.4 Å². The molecule has 12 N–H and O–H groups in total. The van der Waals surface area contributed by atoms with Gasteiger partial charge in [0, 0.05) is 30.7 Å². The lowest BCUT2D eigenvalue weighted by atomic mass is 9.87. The van der Waals surface area contributed by atoms with Crippen molar-refractivity contribution in [2.45, 2.75) is 44.5 Å². The molecule has 4 atom stereocenters. The number of aromatic hydroxyl groups is 2. The van der Waals surface area contributed by atoms with Gasteiger partial charge in [0.25, 0.3) is 0 Å². The van der Waals surface area contributed by atoms with E-state index in [1.54, 1.807) is 0 Å². The molecule has 2 aromatic rings. The van der Waals surface area contributed by atoms with Crippen molar-refractivity contribution in [3.63, 3.8) is 0 Å². The third-order valence-electron chi connectivity index (χ3n) is 7.04. The van der Waals surface area contributed by atoms with E-state index in [0.29, 0.717) is 11.8 Å². The fourth-order valence-electron chi connectivity index (χ4n) is 3.99. The number of amides is 4. The molecule has 0 unspecified atom stereocenters. The summed E-state index contributed by atoms with van der Waals surface area (Å²) in [5, 5.41) is 47.5. The average Bonchev–Trinajstić information content (AvgIpc) is 3.06. The predicted octanol–water partition coefficient (Wildman–Crippen LogP) is -1.19. The Morgan fingerprint density at radius 2 is 1.42 bits per heavy atom. The summed E-state index contributed by atoms with van der Waals surface area (Å²) in [6.07, 6.45) is -1.64. The average molecular weight is 744 g/mol. The number of benzene rings is 2. The number of hydrogen-bond donors (Lipinski definition) is 11. The van der Waals surface area contributed by atoms with Crippen LogP contribution in [0, 0.1) is 5.41 Å². The van der Waals surface area contributed by atoms with Crippen LogP contribution in [0.4, 0.5) is 0 Å². The number of aliphatic hydroxyl groups is 2. The third-order valence-corrected chi connectivity index (χ3v) is 8.46. The van der Waals surface area contributed by atoms with Crippen LogP contribution >= 0.6 is 19.6 Å². The van der Waals surface area contributed by atoms with E-state index in [4.69, 9.17) is 5.73 Å². The number of phenolic OH excluding ortho intramolecular Hbond substituents is 2. The fraction of sp³-hybridized carbons (Fsp3) is 0.433. The molecule has 50 heavy (non-hydrogen) atoms. The molecule has 2 rings (SSSR count). The van der Waals surface area contributed by atoms with Crippen LogP contribution in [0.5, 0.6) is 11.5 Å². The van der Waals surface area contributed by atoms with Crippen molar-refractivity contribution in [3.8, 4) is 11.5 Å². The van der Waals surface area contributed by atoms with Crippen molar-refractivity contribution >= 4 is 48.3 Å². The number of phosphoric ester groups is 1. The summed E-state index contributed by atoms with van der Waals surface area (Å²) in [6, 6.07) is 5.90. The number of hydrogen-bond acceptors (Lipinski definition) is 13. The molecule has 0 aliphatic rings. The van der Waals surface area contributed by atoms with Gasteiger partial charge < -0.3 is 57.2 Å². The first-order valence-electron chi connectivity index (χ1n) is 15.0. The SMILES string of the molecule is CC(C)(CO)[C@@H](O)C(=O)NCCC(=O)NCCSC(=O)[C@@H](NC(=O)[C@H](COP(=O)(O)O)NC(=O)[C@H](N)c1ccc(O)cc1)c1ccc(O)cc1. The summed E-state index contributed by atoms with van der Waals surface area (Å²) in [4.78, 5) is 82.3. The second-order valence-corrected chi connectivity index (χ2v) is 13.9. The topological polar surface area (TPSA) is 307 Å². The summed E-state index contributed by atoms with van der Waals surface area (Å²) in [7, 11) is -5.12. The first-order valence-corrected chi connectivity index (χ1v) is 17.5. The van der Waals surface area contributed by atoms with Crippen LogP contribution in [0.25, 0.3) is 0 Å². The minimum Gasteiger partial charge on any atom is -0.508 e. The highest BCUT2D eigenvalue weighted by Gasteiger charge is 2.33. The zero-order valence-electron chi connectivity index (χ0n) is 27.1. The Hall–Kier alpha value is -4.07. The van der Waals surface area contributed by atoms with Crippen molar-refractivity contribution in [3.05, 3.63) is 59.7 Å². The molecule has 0 fully saturated rings. The lowest BCUT2D eigenvalue weighted by Gasteiger charge is -2.27. The third kappa shape index (κ3) is 14.0. The van der Waals surface area contributed by atoms with Gasteiger partial charge >= 0.3 is 7.82 Å². The standard InChI is InChI=1S/C30H42N5O13PS/c1-30(2,16-36)25(40)28(43)33-12-11-22(39)32-13-14-50-29(44)24(18-5-9-20(38)10-6-18)35-26(41)21(15-48-49(45,46)47)34-27(42)23(31)17-3-7-19(37)8-4-17/h3-10,21,23-25,36-38,40H,11-16,31H2,1-2H3,(H,32,39)(H,33,43)(H,34,42)(H,35,41)(H2,45,46,47)/t21-,23+,24-,25-/m0/s1. The van der Waals surface area contributed by atoms with Crippen molar-refractivity contribution in [2.24, 2.45) is 11.1 Å². The number of thioether (sulfide) groups is 1. The van der Waals surface area contributed by atoms with Crippen molar-refractivity contribution in [2.75, 3.05) is 32.1 Å². The van der Waals surface area contributed by atoms with Crippen LogP contribution in [0.1, 0.15) is 43.5 Å². The first-order chi connectivity index (χ1) is 23.3. The van der Waals surface area contributed by atoms with Gasteiger partial charge in [-0.15, -0.1) is 0 Å². The van der Waals surface area contributed by atoms with E-state index in [-0.39, 0.29) is 47.9 Å². The Morgan fingerprint density at radius 1 is 0.860 bits per heavy atom. The predicted molar refractivity (Wildman–Crippen MR) is 179 cm³/mol. The molecular formula is C30H42N5O13PS. The summed E-state index contributed by atoms with van der Waals surface area (Å²) in [5.41, 5.74) is 5.32.